The second-order valence-electron chi connectivity index (χ2n) is 6.27. The zero-order valence-corrected chi connectivity index (χ0v) is 17.1. The van der Waals surface area contributed by atoms with Crippen molar-refractivity contribution >= 4 is 51.5 Å². The van der Waals surface area contributed by atoms with Crippen molar-refractivity contribution in [2.24, 2.45) is 0 Å². The summed E-state index contributed by atoms with van der Waals surface area (Å²) in [6, 6.07) is 17.9. The third-order valence-electron chi connectivity index (χ3n) is 4.32. The lowest BCUT2D eigenvalue weighted by Crippen LogP contribution is -2.24. The SMILES string of the molecule is O=c1c2cc(I)ccc2nc(C=Cc2ccc([N+](=O)[O-])o2)n1Cc1ccccc1. The van der Waals surface area contributed by atoms with Gasteiger partial charge < -0.3 is 4.42 Å². The molecule has 4 aromatic rings. The molecule has 2 aromatic carbocycles. The fourth-order valence-electron chi connectivity index (χ4n) is 2.94. The third-order valence-corrected chi connectivity index (χ3v) is 4.99. The normalized spacial score (nSPS) is 11.3. The highest BCUT2D eigenvalue weighted by Gasteiger charge is 2.12. The number of benzene rings is 2. The monoisotopic (exact) mass is 499 g/mol. The molecule has 8 heteroatoms. The summed E-state index contributed by atoms with van der Waals surface area (Å²) in [6.07, 6.45) is 3.19. The number of nitro groups is 1. The van der Waals surface area contributed by atoms with Crippen LogP contribution in [-0.4, -0.2) is 14.5 Å². The maximum atomic E-state index is 13.2. The van der Waals surface area contributed by atoms with Crippen molar-refractivity contribution in [3.8, 4) is 0 Å². The van der Waals surface area contributed by atoms with E-state index >= 15 is 0 Å². The van der Waals surface area contributed by atoms with E-state index in [-0.39, 0.29) is 11.4 Å². The van der Waals surface area contributed by atoms with Gasteiger partial charge in [0.2, 0.25) is 0 Å². The molecule has 0 aliphatic heterocycles. The quantitative estimate of drug-likeness (QED) is 0.225. The summed E-state index contributed by atoms with van der Waals surface area (Å²) >= 11 is 2.16. The van der Waals surface area contributed by atoms with Gasteiger partial charge in [-0.3, -0.25) is 19.5 Å². The average molecular weight is 499 g/mol. The molecular weight excluding hydrogens is 485 g/mol. The minimum atomic E-state index is -0.599. The Balaban J connectivity index is 1.82. The summed E-state index contributed by atoms with van der Waals surface area (Å²) in [7, 11) is 0. The molecule has 0 unspecified atom stereocenters. The predicted octanol–water partition coefficient (Wildman–Crippen LogP) is 4.72. The number of nitrogens with zero attached hydrogens (tertiary/aromatic N) is 3. The smallest absolute Gasteiger partial charge is 0.401 e. The Morgan fingerprint density at radius 1 is 1.10 bits per heavy atom. The molecule has 0 saturated carbocycles. The second kappa shape index (κ2) is 8.00. The molecule has 144 valence electrons. The van der Waals surface area contributed by atoms with E-state index in [2.05, 4.69) is 27.6 Å². The molecule has 29 heavy (non-hydrogen) atoms. The Morgan fingerprint density at radius 3 is 2.62 bits per heavy atom. The van der Waals surface area contributed by atoms with E-state index in [0.717, 1.165) is 9.13 Å². The highest BCUT2D eigenvalue weighted by atomic mass is 127. The van der Waals surface area contributed by atoms with Crippen LogP contribution in [0.2, 0.25) is 0 Å². The van der Waals surface area contributed by atoms with Crippen molar-refractivity contribution in [2.45, 2.75) is 6.54 Å². The summed E-state index contributed by atoms with van der Waals surface area (Å²) in [4.78, 5) is 28.0. The first-order valence-corrected chi connectivity index (χ1v) is 9.75. The van der Waals surface area contributed by atoms with Crippen molar-refractivity contribution in [3.05, 3.63) is 102 Å². The van der Waals surface area contributed by atoms with E-state index in [1.54, 1.807) is 22.8 Å². The molecular formula is C21H14IN3O4. The zero-order chi connectivity index (χ0) is 20.4. The number of hydrogen-bond donors (Lipinski definition) is 0. The van der Waals surface area contributed by atoms with Crippen LogP contribution in [0.15, 0.2) is 69.9 Å². The predicted molar refractivity (Wildman–Crippen MR) is 119 cm³/mol. The standard InChI is InChI=1S/C21H14IN3O4/c22-15-6-9-18-17(12-15)21(26)24(13-14-4-2-1-3-5-14)19(23-18)10-7-16-8-11-20(29-16)25(27)28/h1-12H,13H2. The zero-order valence-electron chi connectivity index (χ0n) is 15.0. The van der Waals surface area contributed by atoms with Crippen LogP contribution in [0.1, 0.15) is 17.1 Å². The number of furan rings is 1. The second-order valence-corrected chi connectivity index (χ2v) is 7.52. The highest BCUT2D eigenvalue weighted by molar-refractivity contribution is 14.1. The van der Waals surface area contributed by atoms with Crippen LogP contribution in [-0.2, 0) is 6.54 Å². The summed E-state index contributed by atoms with van der Waals surface area (Å²) in [5.74, 6) is 0.402. The summed E-state index contributed by atoms with van der Waals surface area (Å²) < 4.78 is 7.69. The molecule has 0 aliphatic rings. The Bertz CT molecular complexity index is 1290. The van der Waals surface area contributed by atoms with Crippen molar-refractivity contribution < 1.29 is 9.34 Å². The summed E-state index contributed by atoms with van der Waals surface area (Å²) in [5, 5.41) is 11.3. The van der Waals surface area contributed by atoms with Gasteiger partial charge in [-0.05, 0) is 64.6 Å². The van der Waals surface area contributed by atoms with E-state index < -0.39 is 4.92 Å². The van der Waals surface area contributed by atoms with Crippen molar-refractivity contribution in [1.82, 2.24) is 9.55 Å². The average Bonchev–Trinajstić information content (AvgIpc) is 3.20. The van der Waals surface area contributed by atoms with Crippen LogP contribution in [0.4, 0.5) is 5.88 Å². The van der Waals surface area contributed by atoms with Gasteiger partial charge in [0.15, 0.2) is 0 Å². The molecule has 0 amide bonds. The molecule has 0 radical (unpaired) electrons. The Hall–Kier alpha value is -3.27. The molecule has 0 spiro atoms. The summed E-state index contributed by atoms with van der Waals surface area (Å²) in [6.45, 7) is 0.353. The van der Waals surface area contributed by atoms with Crippen LogP contribution in [0.25, 0.3) is 23.1 Å². The molecule has 0 fully saturated rings. The fraction of sp³-hybridized carbons (Fsp3) is 0.0476. The van der Waals surface area contributed by atoms with Crippen LogP contribution < -0.4 is 5.56 Å². The first-order valence-electron chi connectivity index (χ1n) is 8.67. The highest BCUT2D eigenvalue weighted by Crippen LogP contribution is 2.19. The number of hydrogen-bond acceptors (Lipinski definition) is 5. The number of halogens is 1. The molecule has 0 saturated heterocycles. The summed E-state index contributed by atoms with van der Waals surface area (Å²) in [5.41, 5.74) is 1.40. The first kappa shape index (κ1) is 19.1. The van der Waals surface area contributed by atoms with E-state index in [4.69, 9.17) is 4.42 Å². The lowest BCUT2D eigenvalue weighted by atomic mass is 10.2. The van der Waals surface area contributed by atoms with E-state index in [9.17, 15) is 14.9 Å². The van der Waals surface area contributed by atoms with Crippen molar-refractivity contribution in [2.75, 3.05) is 0 Å². The van der Waals surface area contributed by atoms with E-state index in [1.807, 2.05) is 42.5 Å². The van der Waals surface area contributed by atoms with Gasteiger partial charge in [-0.1, -0.05) is 30.3 Å². The molecule has 2 aromatic heterocycles. The van der Waals surface area contributed by atoms with Gasteiger partial charge in [0, 0.05) is 3.57 Å². The molecule has 4 rings (SSSR count). The van der Waals surface area contributed by atoms with Gasteiger partial charge in [0.05, 0.1) is 23.5 Å². The van der Waals surface area contributed by atoms with Gasteiger partial charge in [0.25, 0.3) is 5.56 Å². The van der Waals surface area contributed by atoms with Crippen molar-refractivity contribution in [3.63, 3.8) is 0 Å². The Kier molecular flexibility index (Phi) is 5.26. The van der Waals surface area contributed by atoms with Gasteiger partial charge >= 0.3 is 5.88 Å². The number of fused-ring (bicyclic) bond motifs is 1. The molecule has 0 N–H and O–H groups in total. The fourth-order valence-corrected chi connectivity index (χ4v) is 3.43. The maximum Gasteiger partial charge on any atom is 0.433 e. The largest absolute Gasteiger partial charge is 0.433 e. The minimum absolute atomic E-state index is 0.151. The third kappa shape index (κ3) is 4.11. The number of aromatic nitrogens is 2. The van der Waals surface area contributed by atoms with Crippen LogP contribution in [0.3, 0.4) is 0 Å². The maximum absolute atomic E-state index is 13.2. The van der Waals surface area contributed by atoms with Gasteiger partial charge in [-0.2, -0.15) is 0 Å². The van der Waals surface area contributed by atoms with Gasteiger partial charge in [-0.25, -0.2) is 4.98 Å². The van der Waals surface area contributed by atoms with Crippen LogP contribution >= 0.6 is 22.6 Å². The Labute approximate surface area is 178 Å². The number of rotatable bonds is 5. The molecule has 7 nitrogen and oxygen atoms in total. The van der Waals surface area contributed by atoms with Crippen LogP contribution in [0, 0.1) is 13.7 Å². The van der Waals surface area contributed by atoms with Crippen LogP contribution in [0.5, 0.6) is 0 Å². The van der Waals surface area contributed by atoms with E-state index in [1.165, 1.54) is 12.1 Å². The molecule has 0 atom stereocenters. The van der Waals surface area contributed by atoms with E-state index in [0.29, 0.717) is 29.0 Å². The van der Waals surface area contributed by atoms with Crippen molar-refractivity contribution in [1.29, 1.82) is 0 Å². The minimum Gasteiger partial charge on any atom is -0.401 e. The topological polar surface area (TPSA) is 91.2 Å². The molecule has 0 bridgehead atoms. The Morgan fingerprint density at radius 2 is 1.90 bits per heavy atom. The molecule has 2 heterocycles. The lowest BCUT2D eigenvalue weighted by molar-refractivity contribution is -0.402. The first-order chi connectivity index (χ1) is 14.0. The molecule has 0 aliphatic carbocycles. The lowest BCUT2D eigenvalue weighted by Gasteiger charge is -2.11. The van der Waals surface area contributed by atoms with Gasteiger partial charge in [0.1, 0.15) is 16.5 Å². The van der Waals surface area contributed by atoms with Gasteiger partial charge in [-0.15, -0.1) is 0 Å².